The van der Waals surface area contributed by atoms with Crippen molar-refractivity contribution in [1.29, 1.82) is 0 Å². The maximum absolute atomic E-state index is 12.4. The second-order valence-electron chi connectivity index (χ2n) is 10.5. The van der Waals surface area contributed by atoms with Crippen LogP contribution in [0.2, 0.25) is 0 Å². The lowest BCUT2D eigenvalue weighted by Gasteiger charge is -2.19. The van der Waals surface area contributed by atoms with Crippen molar-refractivity contribution in [2.45, 2.75) is 130 Å². The zero-order valence-electron chi connectivity index (χ0n) is 27.5. The Hall–Kier alpha value is -2.25. The Balaban J connectivity index is 4.41. The van der Waals surface area contributed by atoms with Gasteiger partial charge in [0.05, 0.1) is 19.6 Å². The Morgan fingerprint density at radius 1 is 0.636 bits per heavy atom. The smallest absolute Gasteiger partial charge is 0.462 e. The van der Waals surface area contributed by atoms with Gasteiger partial charge in [-0.3, -0.25) is 18.6 Å². The molecule has 0 rings (SSSR count). The van der Waals surface area contributed by atoms with Crippen molar-refractivity contribution in [3.63, 3.8) is 0 Å². The van der Waals surface area contributed by atoms with E-state index in [1.54, 1.807) is 13.0 Å². The SMILES string of the molecule is CC/C=C\C/C=C\C/C=C\C/C=C\C/C=C\CC(=O)OC(COC(=O)CCCCCCCCCCC)COP(=O)(O)OCC. The summed E-state index contributed by atoms with van der Waals surface area (Å²) in [5, 5.41) is 0. The van der Waals surface area contributed by atoms with Crippen molar-refractivity contribution in [2.75, 3.05) is 19.8 Å². The van der Waals surface area contributed by atoms with E-state index in [0.717, 1.165) is 44.9 Å². The number of phosphoric acid groups is 1. The topological polar surface area (TPSA) is 108 Å². The molecule has 0 aromatic heterocycles. The van der Waals surface area contributed by atoms with Gasteiger partial charge in [0.1, 0.15) is 6.61 Å². The normalized spacial score (nSPS) is 14.4. The number of unbranched alkanes of at least 4 members (excludes halogenated alkanes) is 8. The maximum atomic E-state index is 12.4. The third-order valence-electron chi connectivity index (χ3n) is 6.37. The third kappa shape index (κ3) is 29.8. The summed E-state index contributed by atoms with van der Waals surface area (Å²) in [6.07, 6.45) is 34.5. The summed E-state index contributed by atoms with van der Waals surface area (Å²) >= 11 is 0. The van der Waals surface area contributed by atoms with Gasteiger partial charge in [0, 0.05) is 6.42 Å². The highest BCUT2D eigenvalue weighted by Crippen LogP contribution is 2.43. The van der Waals surface area contributed by atoms with E-state index in [0.29, 0.717) is 6.42 Å². The number of esters is 2. The first kappa shape index (κ1) is 41.8. The number of carbonyl (C=O) groups excluding carboxylic acids is 2. The third-order valence-corrected chi connectivity index (χ3v) is 7.43. The summed E-state index contributed by atoms with van der Waals surface area (Å²) < 4.78 is 32.2. The van der Waals surface area contributed by atoms with Crippen LogP contribution in [0.5, 0.6) is 0 Å². The average molecular weight is 639 g/mol. The Bertz CT molecular complexity index is 906. The van der Waals surface area contributed by atoms with Gasteiger partial charge < -0.3 is 14.4 Å². The van der Waals surface area contributed by atoms with Crippen LogP contribution in [0.1, 0.15) is 124 Å². The van der Waals surface area contributed by atoms with Gasteiger partial charge in [0.2, 0.25) is 0 Å². The minimum Gasteiger partial charge on any atom is -0.462 e. The summed E-state index contributed by atoms with van der Waals surface area (Å²) in [7, 11) is -4.29. The first-order valence-corrected chi connectivity index (χ1v) is 18.1. The summed E-state index contributed by atoms with van der Waals surface area (Å²) in [5.41, 5.74) is 0. The van der Waals surface area contributed by atoms with Crippen LogP contribution >= 0.6 is 7.82 Å². The molecule has 0 amide bonds. The summed E-state index contributed by atoms with van der Waals surface area (Å²) in [4.78, 5) is 34.3. The Labute approximate surface area is 267 Å². The van der Waals surface area contributed by atoms with E-state index in [9.17, 15) is 19.0 Å². The molecule has 0 bridgehead atoms. The molecule has 0 aromatic carbocycles. The van der Waals surface area contributed by atoms with Crippen LogP contribution in [0.4, 0.5) is 0 Å². The zero-order valence-corrected chi connectivity index (χ0v) is 28.4. The molecule has 0 aliphatic carbocycles. The van der Waals surface area contributed by atoms with Crippen molar-refractivity contribution >= 4 is 19.8 Å². The molecule has 0 fully saturated rings. The van der Waals surface area contributed by atoms with E-state index in [1.165, 1.54) is 38.5 Å². The second-order valence-corrected chi connectivity index (χ2v) is 11.9. The summed E-state index contributed by atoms with van der Waals surface area (Å²) in [5.74, 6) is -0.956. The van der Waals surface area contributed by atoms with Crippen LogP contribution in [0.3, 0.4) is 0 Å². The largest absolute Gasteiger partial charge is 0.472 e. The van der Waals surface area contributed by atoms with Crippen LogP contribution < -0.4 is 0 Å². The quantitative estimate of drug-likeness (QED) is 0.0373. The highest BCUT2D eigenvalue weighted by atomic mass is 31.2. The molecule has 1 N–H and O–H groups in total. The summed E-state index contributed by atoms with van der Waals surface area (Å²) in [6.45, 7) is 5.17. The monoisotopic (exact) mass is 638 g/mol. The zero-order chi connectivity index (χ0) is 32.6. The highest BCUT2D eigenvalue weighted by molar-refractivity contribution is 7.47. The molecule has 0 saturated heterocycles. The number of rotatable bonds is 29. The average Bonchev–Trinajstić information content (AvgIpc) is 2.99. The lowest BCUT2D eigenvalue weighted by atomic mass is 10.1. The number of phosphoric ester groups is 1. The van der Waals surface area contributed by atoms with Crippen LogP contribution in [0.15, 0.2) is 60.8 Å². The number of hydrogen-bond donors (Lipinski definition) is 1. The van der Waals surface area contributed by atoms with E-state index in [4.69, 9.17) is 18.5 Å². The van der Waals surface area contributed by atoms with Gasteiger partial charge in [-0.05, 0) is 45.4 Å². The van der Waals surface area contributed by atoms with Gasteiger partial charge >= 0.3 is 19.8 Å². The van der Waals surface area contributed by atoms with Crippen LogP contribution in [-0.2, 0) is 32.7 Å². The standard InChI is InChI=1S/C35H59O8P/c1-4-7-9-11-13-15-16-17-18-19-20-22-24-26-28-30-35(37)43-33(32-42-44(38,39)41-6-3)31-40-34(36)29-27-25-23-21-14-12-10-8-5-2/h7,9,13,15,17-18,20,22,26,28,33H,4-6,8,10-12,14,16,19,21,23-25,27,29-32H2,1-3H3,(H,38,39)/b9-7-,15-13-,18-17-,22-20-,28-26-. The number of ether oxygens (including phenoxy) is 2. The molecule has 0 radical (unpaired) electrons. The van der Waals surface area contributed by atoms with Gasteiger partial charge in [-0.25, -0.2) is 4.57 Å². The predicted molar refractivity (Wildman–Crippen MR) is 179 cm³/mol. The van der Waals surface area contributed by atoms with Gasteiger partial charge in [0.25, 0.3) is 0 Å². The molecule has 0 aromatic rings. The second kappa shape index (κ2) is 30.8. The molecule has 2 atom stereocenters. The van der Waals surface area contributed by atoms with Crippen molar-refractivity contribution < 1.29 is 37.6 Å². The molecule has 44 heavy (non-hydrogen) atoms. The molecule has 0 spiro atoms. The fraction of sp³-hybridized carbons (Fsp3) is 0.657. The molecule has 8 nitrogen and oxygen atoms in total. The Morgan fingerprint density at radius 2 is 1.14 bits per heavy atom. The summed E-state index contributed by atoms with van der Waals surface area (Å²) in [6, 6.07) is 0. The van der Waals surface area contributed by atoms with Crippen molar-refractivity contribution in [2.24, 2.45) is 0 Å². The lowest BCUT2D eigenvalue weighted by molar-refractivity contribution is -0.160. The fourth-order valence-corrected chi connectivity index (χ4v) is 4.75. The predicted octanol–water partition coefficient (Wildman–Crippen LogP) is 9.66. The molecule has 9 heteroatoms. The van der Waals surface area contributed by atoms with Crippen molar-refractivity contribution in [1.82, 2.24) is 0 Å². The first-order valence-electron chi connectivity index (χ1n) is 16.6. The molecular formula is C35H59O8P. The molecule has 0 aliphatic rings. The van der Waals surface area contributed by atoms with E-state index >= 15 is 0 Å². The fourth-order valence-electron chi connectivity index (χ4n) is 4.00. The van der Waals surface area contributed by atoms with E-state index in [2.05, 4.69) is 56.4 Å². The van der Waals surface area contributed by atoms with E-state index < -0.39 is 32.5 Å². The molecule has 2 unspecified atom stereocenters. The van der Waals surface area contributed by atoms with Gasteiger partial charge in [-0.15, -0.1) is 0 Å². The lowest BCUT2D eigenvalue weighted by Crippen LogP contribution is -2.29. The molecule has 252 valence electrons. The van der Waals surface area contributed by atoms with Crippen molar-refractivity contribution in [3.05, 3.63) is 60.8 Å². The first-order chi connectivity index (χ1) is 21.3. The number of hydrogen-bond acceptors (Lipinski definition) is 7. The van der Waals surface area contributed by atoms with E-state index in [1.807, 2.05) is 12.2 Å². The minimum atomic E-state index is -4.29. The minimum absolute atomic E-state index is 0.0126. The van der Waals surface area contributed by atoms with Gasteiger partial charge in [-0.2, -0.15) is 0 Å². The van der Waals surface area contributed by atoms with Gasteiger partial charge in [0.15, 0.2) is 6.10 Å². The van der Waals surface area contributed by atoms with Crippen LogP contribution in [0.25, 0.3) is 0 Å². The van der Waals surface area contributed by atoms with Crippen molar-refractivity contribution in [3.8, 4) is 0 Å². The molecular weight excluding hydrogens is 579 g/mol. The Kier molecular flexibility index (Phi) is 29.2. The highest BCUT2D eigenvalue weighted by Gasteiger charge is 2.25. The maximum Gasteiger partial charge on any atom is 0.472 e. The number of allylic oxidation sites excluding steroid dienone is 9. The molecule has 0 aliphatic heterocycles. The van der Waals surface area contributed by atoms with Crippen LogP contribution in [-0.4, -0.2) is 42.8 Å². The number of carbonyl (C=O) groups is 2. The Morgan fingerprint density at radius 3 is 1.66 bits per heavy atom. The van der Waals surface area contributed by atoms with E-state index in [-0.39, 0.29) is 26.1 Å². The molecule has 0 saturated carbocycles. The van der Waals surface area contributed by atoms with Gasteiger partial charge in [-0.1, -0.05) is 126 Å². The van der Waals surface area contributed by atoms with Crippen LogP contribution in [0, 0.1) is 0 Å². The molecule has 0 heterocycles.